The zero-order valence-electron chi connectivity index (χ0n) is 8.21. The first-order valence-electron chi connectivity index (χ1n) is 5.34. The normalized spacial score (nSPS) is 29.1. The maximum Gasteiger partial charge on any atom is 0.0592 e. The van der Waals surface area contributed by atoms with Gasteiger partial charge in [-0.3, -0.25) is 0 Å². The number of aliphatic hydroxyl groups excluding tert-OH is 2. The average molecular weight is 187 g/mol. The molecular formula is C10H21NO2. The Kier molecular flexibility index (Phi) is 5.35. The van der Waals surface area contributed by atoms with Crippen LogP contribution in [-0.2, 0) is 0 Å². The molecule has 3 heteroatoms. The molecule has 0 amide bonds. The molecule has 0 aliphatic carbocycles. The fourth-order valence-corrected chi connectivity index (χ4v) is 1.90. The molecule has 3 nitrogen and oxygen atoms in total. The summed E-state index contributed by atoms with van der Waals surface area (Å²) < 4.78 is 0. The number of hydrogen-bond donors (Lipinski definition) is 3. The zero-order chi connectivity index (χ0) is 9.52. The summed E-state index contributed by atoms with van der Waals surface area (Å²) in [5.74, 6) is 0.437. The molecule has 13 heavy (non-hydrogen) atoms. The molecule has 0 bridgehead atoms. The van der Waals surface area contributed by atoms with Crippen LogP contribution in [0.25, 0.3) is 0 Å². The molecule has 0 aromatic rings. The van der Waals surface area contributed by atoms with E-state index >= 15 is 0 Å². The van der Waals surface area contributed by atoms with Crippen molar-refractivity contribution in [3.05, 3.63) is 0 Å². The van der Waals surface area contributed by atoms with Crippen LogP contribution in [0.1, 0.15) is 32.1 Å². The number of aliphatic hydroxyl groups is 2. The number of unbranched alkanes of at least 4 members (excludes halogenated alkanes) is 2. The number of piperidine rings is 1. The lowest BCUT2D eigenvalue weighted by Gasteiger charge is -2.28. The van der Waals surface area contributed by atoms with Gasteiger partial charge in [-0.05, 0) is 31.7 Å². The van der Waals surface area contributed by atoms with Crippen molar-refractivity contribution in [1.29, 1.82) is 0 Å². The molecule has 1 heterocycles. The van der Waals surface area contributed by atoms with Crippen molar-refractivity contribution in [1.82, 2.24) is 5.32 Å². The lowest BCUT2D eigenvalue weighted by Crippen LogP contribution is -2.39. The summed E-state index contributed by atoms with van der Waals surface area (Å²) in [6.45, 7) is 2.21. The predicted octanol–water partition coefficient (Wildman–Crippen LogP) is 0.510. The smallest absolute Gasteiger partial charge is 0.0592 e. The molecule has 0 spiro atoms. The minimum absolute atomic E-state index is 0.102. The second-order valence-electron chi connectivity index (χ2n) is 3.89. The third kappa shape index (κ3) is 4.07. The standard InChI is InChI=1S/C10H21NO2/c12-7-3-1-2-4-9-8-11-6-5-10(9)13/h9-13H,1-8H2. The molecule has 1 aliphatic heterocycles. The Labute approximate surface area is 80.2 Å². The van der Waals surface area contributed by atoms with E-state index in [1.54, 1.807) is 0 Å². The monoisotopic (exact) mass is 187 g/mol. The van der Waals surface area contributed by atoms with Crippen LogP contribution in [0.2, 0.25) is 0 Å². The van der Waals surface area contributed by atoms with Crippen LogP contribution in [0.4, 0.5) is 0 Å². The van der Waals surface area contributed by atoms with Crippen molar-refractivity contribution < 1.29 is 10.2 Å². The van der Waals surface area contributed by atoms with Gasteiger partial charge in [-0.25, -0.2) is 0 Å². The maximum atomic E-state index is 9.64. The Morgan fingerprint density at radius 2 is 2.08 bits per heavy atom. The molecule has 1 fully saturated rings. The number of hydrogen-bond acceptors (Lipinski definition) is 3. The van der Waals surface area contributed by atoms with Gasteiger partial charge in [0.1, 0.15) is 0 Å². The third-order valence-corrected chi connectivity index (χ3v) is 2.80. The summed E-state index contributed by atoms with van der Waals surface area (Å²) in [7, 11) is 0. The minimum Gasteiger partial charge on any atom is -0.396 e. The van der Waals surface area contributed by atoms with E-state index in [2.05, 4.69) is 5.32 Å². The van der Waals surface area contributed by atoms with Gasteiger partial charge in [0.15, 0.2) is 0 Å². The fourth-order valence-electron chi connectivity index (χ4n) is 1.90. The van der Waals surface area contributed by atoms with Gasteiger partial charge in [0.2, 0.25) is 0 Å². The molecule has 1 saturated heterocycles. The molecule has 1 rings (SSSR count). The lowest BCUT2D eigenvalue weighted by molar-refractivity contribution is 0.0729. The van der Waals surface area contributed by atoms with Crippen LogP contribution >= 0.6 is 0 Å². The highest BCUT2D eigenvalue weighted by molar-refractivity contribution is 4.76. The van der Waals surface area contributed by atoms with Crippen LogP contribution in [0.3, 0.4) is 0 Å². The molecule has 2 atom stereocenters. The van der Waals surface area contributed by atoms with Gasteiger partial charge in [0.25, 0.3) is 0 Å². The summed E-state index contributed by atoms with van der Waals surface area (Å²) in [6.07, 6.45) is 4.99. The van der Waals surface area contributed by atoms with Crippen molar-refractivity contribution >= 4 is 0 Å². The van der Waals surface area contributed by atoms with E-state index in [1.807, 2.05) is 0 Å². The largest absolute Gasteiger partial charge is 0.396 e. The molecule has 2 unspecified atom stereocenters. The van der Waals surface area contributed by atoms with Gasteiger partial charge in [0, 0.05) is 13.2 Å². The SMILES string of the molecule is OCCCCCC1CNCCC1O. The molecule has 0 aromatic carbocycles. The Hall–Kier alpha value is -0.120. The van der Waals surface area contributed by atoms with Crippen LogP contribution in [0, 0.1) is 5.92 Å². The van der Waals surface area contributed by atoms with Gasteiger partial charge in [0.05, 0.1) is 6.10 Å². The molecular weight excluding hydrogens is 166 g/mol. The van der Waals surface area contributed by atoms with E-state index < -0.39 is 0 Å². The Morgan fingerprint density at radius 1 is 1.23 bits per heavy atom. The molecule has 0 saturated carbocycles. The van der Waals surface area contributed by atoms with E-state index in [9.17, 15) is 5.11 Å². The highest BCUT2D eigenvalue weighted by atomic mass is 16.3. The Bertz CT molecular complexity index is 130. The van der Waals surface area contributed by atoms with E-state index in [0.29, 0.717) is 12.5 Å². The van der Waals surface area contributed by atoms with Gasteiger partial charge in [-0.2, -0.15) is 0 Å². The first-order valence-corrected chi connectivity index (χ1v) is 5.34. The third-order valence-electron chi connectivity index (χ3n) is 2.80. The van der Waals surface area contributed by atoms with Crippen LogP contribution in [0.15, 0.2) is 0 Å². The quantitative estimate of drug-likeness (QED) is 0.550. The first kappa shape index (κ1) is 11.0. The zero-order valence-corrected chi connectivity index (χ0v) is 8.21. The van der Waals surface area contributed by atoms with Crippen molar-refractivity contribution in [2.75, 3.05) is 19.7 Å². The fraction of sp³-hybridized carbons (Fsp3) is 1.00. The number of rotatable bonds is 5. The van der Waals surface area contributed by atoms with Crippen molar-refractivity contribution in [3.8, 4) is 0 Å². The van der Waals surface area contributed by atoms with Gasteiger partial charge in [-0.1, -0.05) is 12.8 Å². The van der Waals surface area contributed by atoms with Crippen molar-refractivity contribution in [3.63, 3.8) is 0 Å². The van der Waals surface area contributed by atoms with Gasteiger partial charge >= 0.3 is 0 Å². The Morgan fingerprint density at radius 3 is 2.77 bits per heavy atom. The second kappa shape index (κ2) is 6.35. The highest BCUT2D eigenvalue weighted by Gasteiger charge is 2.21. The van der Waals surface area contributed by atoms with Crippen molar-refractivity contribution in [2.45, 2.75) is 38.2 Å². The lowest BCUT2D eigenvalue weighted by atomic mass is 9.91. The molecule has 0 aromatic heterocycles. The summed E-state index contributed by atoms with van der Waals surface area (Å²) in [6, 6.07) is 0. The Balaban J connectivity index is 2.05. The molecule has 0 radical (unpaired) electrons. The molecule has 78 valence electrons. The second-order valence-corrected chi connectivity index (χ2v) is 3.89. The van der Waals surface area contributed by atoms with Gasteiger partial charge in [-0.15, -0.1) is 0 Å². The van der Waals surface area contributed by atoms with Crippen LogP contribution in [0.5, 0.6) is 0 Å². The summed E-state index contributed by atoms with van der Waals surface area (Å²) in [4.78, 5) is 0. The van der Waals surface area contributed by atoms with Crippen molar-refractivity contribution in [2.24, 2.45) is 5.92 Å². The minimum atomic E-state index is -0.102. The number of nitrogens with one attached hydrogen (secondary N) is 1. The van der Waals surface area contributed by atoms with Crippen LogP contribution < -0.4 is 5.32 Å². The van der Waals surface area contributed by atoms with E-state index in [1.165, 1.54) is 0 Å². The predicted molar refractivity (Wildman–Crippen MR) is 52.5 cm³/mol. The molecule has 3 N–H and O–H groups in total. The molecule has 1 aliphatic rings. The summed E-state index contributed by atoms with van der Waals surface area (Å²) >= 11 is 0. The van der Waals surface area contributed by atoms with Crippen LogP contribution in [-0.4, -0.2) is 36.0 Å². The van der Waals surface area contributed by atoms with E-state index in [4.69, 9.17) is 5.11 Å². The summed E-state index contributed by atoms with van der Waals surface area (Å²) in [5.41, 5.74) is 0. The average Bonchev–Trinajstić information content (AvgIpc) is 2.15. The highest BCUT2D eigenvalue weighted by Crippen LogP contribution is 2.18. The summed E-state index contributed by atoms with van der Waals surface area (Å²) in [5, 5.41) is 21.5. The van der Waals surface area contributed by atoms with E-state index in [-0.39, 0.29) is 6.10 Å². The van der Waals surface area contributed by atoms with Gasteiger partial charge < -0.3 is 15.5 Å². The first-order chi connectivity index (χ1) is 6.34. The maximum absolute atomic E-state index is 9.64. The topological polar surface area (TPSA) is 52.5 Å². The van der Waals surface area contributed by atoms with E-state index in [0.717, 1.165) is 45.2 Å².